The maximum absolute atomic E-state index is 12.8. The smallest absolute Gasteiger partial charge is 0.156 e. The number of carbonyl (C=O) groups is 1. The Morgan fingerprint density at radius 3 is 2.67 bits per heavy atom. The van der Waals surface area contributed by atoms with Crippen LogP contribution in [0.3, 0.4) is 0 Å². The molecule has 0 unspecified atom stereocenters. The average molecular weight is 165 g/mol. The minimum Gasteiger partial charge on any atom is -0.507 e. The van der Waals surface area contributed by atoms with Gasteiger partial charge in [-0.15, -0.1) is 0 Å². The molecule has 0 aliphatic carbocycles. The van der Waals surface area contributed by atoms with E-state index in [1.165, 1.54) is 0 Å². The Balaban J connectivity index is 3.39. The summed E-state index contributed by atoms with van der Waals surface area (Å²) in [7, 11) is 0. The standard InChI is InChI=1S/C8H4FNO2/c9-7-1-5(3-10)2-8(12)6(7)4-11/h1-2,4,12H. The summed E-state index contributed by atoms with van der Waals surface area (Å²) >= 11 is 0. The van der Waals surface area contributed by atoms with Crippen molar-refractivity contribution < 1.29 is 14.3 Å². The molecule has 0 aliphatic rings. The molecule has 3 nitrogen and oxygen atoms in total. The third kappa shape index (κ3) is 1.25. The minimum absolute atomic E-state index is 0.0180. The van der Waals surface area contributed by atoms with Gasteiger partial charge in [0.1, 0.15) is 11.6 Å². The van der Waals surface area contributed by atoms with E-state index >= 15 is 0 Å². The van der Waals surface area contributed by atoms with Crippen molar-refractivity contribution in [3.05, 3.63) is 29.1 Å². The number of hydrogen-bond donors (Lipinski definition) is 1. The number of nitriles is 1. The highest BCUT2D eigenvalue weighted by molar-refractivity contribution is 5.79. The highest BCUT2D eigenvalue weighted by Crippen LogP contribution is 2.19. The van der Waals surface area contributed by atoms with Gasteiger partial charge in [0.05, 0.1) is 17.2 Å². The van der Waals surface area contributed by atoms with E-state index in [2.05, 4.69) is 0 Å². The van der Waals surface area contributed by atoms with Gasteiger partial charge in [-0.25, -0.2) is 4.39 Å². The van der Waals surface area contributed by atoms with Crippen LogP contribution in [-0.4, -0.2) is 11.4 Å². The van der Waals surface area contributed by atoms with E-state index in [9.17, 15) is 9.18 Å². The van der Waals surface area contributed by atoms with Crippen molar-refractivity contribution in [3.63, 3.8) is 0 Å². The second-order valence-corrected chi connectivity index (χ2v) is 2.12. The maximum Gasteiger partial charge on any atom is 0.156 e. The number of halogens is 1. The summed E-state index contributed by atoms with van der Waals surface area (Å²) in [4.78, 5) is 10.2. The van der Waals surface area contributed by atoms with E-state index in [1.54, 1.807) is 6.07 Å². The summed E-state index contributed by atoms with van der Waals surface area (Å²) in [6.07, 6.45) is 0.200. The van der Waals surface area contributed by atoms with E-state index in [0.717, 1.165) is 12.1 Å². The van der Waals surface area contributed by atoms with Crippen molar-refractivity contribution >= 4 is 6.29 Å². The van der Waals surface area contributed by atoms with Gasteiger partial charge >= 0.3 is 0 Å². The lowest BCUT2D eigenvalue weighted by atomic mass is 10.1. The summed E-state index contributed by atoms with van der Waals surface area (Å²) in [6, 6.07) is 3.57. The molecule has 1 N–H and O–H groups in total. The molecular formula is C8H4FNO2. The van der Waals surface area contributed by atoms with Crippen LogP contribution in [0, 0.1) is 17.1 Å². The number of rotatable bonds is 1. The molecule has 0 heterocycles. The third-order valence-electron chi connectivity index (χ3n) is 1.35. The lowest BCUT2D eigenvalue weighted by Gasteiger charge is -1.98. The van der Waals surface area contributed by atoms with Gasteiger partial charge in [-0.1, -0.05) is 0 Å². The minimum atomic E-state index is -0.887. The van der Waals surface area contributed by atoms with Crippen molar-refractivity contribution in [2.75, 3.05) is 0 Å². The monoisotopic (exact) mass is 165 g/mol. The maximum atomic E-state index is 12.8. The highest BCUT2D eigenvalue weighted by atomic mass is 19.1. The number of benzene rings is 1. The van der Waals surface area contributed by atoms with Crippen LogP contribution in [0.1, 0.15) is 15.9 Å². The van der Waals surface area contributed by atoms with Gasteiger partial charge in [0.15, 0.2) is 6.29 Å². The molecule has 0 saturated heterocycles. The average Bonchev–Trinajstić information content (AvgIpc) is 2.03. The zero-order chi connectivity index (χ0) is 9.14. The van der Waals surface area contributed by atoms with Crippen LogP contribution in [0.2, 0.25) is 0 Å². The number of carbonyl (C=O) groups excluding carboxylic acids is 1. The molecule has 1 rings (SSSR count). The number of aldehydes is 1. The lowest BCUT2D eigenvalue weighted by molar-refractivity contribution is 0.111. The molecule has 0 aliphatic heterocycles. The van der Waals surface area contributed by atoms with Crippen LogP contribution >= 0.6 is 0 Å². The summed E-state index contributed by atoms with van der Waals surface area (Å²) in [6.45, 7) is 0. The predicted molar refractivity (Wildman–Crippen MR) is 38.2 cm³/mol. The molecule has 0 atom stereocenters. The number of nitrogens with zero attached hydrogens (tertiary/aromatic N) is 1. The molecule has 0 amide bonds. The number of aromatic hydroxyl groups is 1. The van der Waals surface area contributed by atoms with Crippen LogP contribution in [0.15, 0.2) is 12.1 Å². The predicted octanol–water partition coefficient (Wildman–Crippen LogP) is 1.22. The molecule has 1 aromatic carbocycles. The second kappa shape index (κ2) is 3.01. The fourth-order valence-corrected chi connectivity index (χ4v) is 0.785. The molecule has 0 bridgehead atoms. The fourth-order valence-electron chi connectivity index (χ4n) is 0.785. The summed E-state index contributed by atoms with van der Waals surface area (Å²) in [5, 5.41) is 17.3. The van der Waals surface area contributed by atoms with Gasteiger partial charge in [0, 0.05) is 0 Å². The van der Waals surface area contributed by atoms with Crippen LogP contribution in [-0.2, 0) is 0 Å². The van der Waals surface area contributed by atoms with Crippen molar-refractivity contribution in [1.82, 2.24) is 0 Å². The van der Waals surface area contributed by atoms with Crippen molar-refractivity contribution in [3.8, 4) is 11.8 Å². The van der Waals surface area contributed by atoms with Gasteiger partial charge in [0.2, 0.25) is 0 Å². The van der Waals surface area contributed by atoms with Crippen molar-refractivity contribution in [2.45, 2.75) is 0 Å². The molecule has 0 spiro atoms. The fraction of sp³-hybridized carbons (Fsp3) is 0. The van der Waals surface area contributed by atoms with Crippen molar-refractivity contribution in [2.24, 2.45) is 0 Å². The molecule has 60 valence electrons. The van der Waals surface area contributed by atoms with Crippen LogP contribution in [0.5, 0.6) is 5.75 Å². The van der Waals surface area contributed by atoms with E-state index in [1.807, 2.05) is 0 Å². The first-order chi connectivity index (χ1) is 5.69. The van der Waals surface area contributed by atoms with E-state index in [4.69, 9.17) is 10.4 Å². The topological polar surface area (TPSA) is 61.1 Å². The largest absolute Gasteiger partial charge is 0.507 e. The summed E-state index contributed by atoms with van der Waals surface area (Å²) in [5.41, 5.74) is -0.440. The van der Waals surface area contributed by atoms with Crippen molar-refractivity contribution in [1.29, 1.82) is 5.26 Å². The molecule has 0 radical (unpaired) electrons. The van der Waals surface area contributed by atoms with Gasteiger partial charge in [-0.05, 0) is 12.1 Å². The van der Waals surface area contributed by atoms with E-state index < -0.39 is 17.1 Å². The summed E-state index contributed by atoms with van der Waals surface area (Å²) in [5.74, 6) is -1.40. The molecule has 12 heavy (non-hydrogen) atoms. The molecule has 0 aromatic heterocycles. The van der Waals surface area contributed by atoms with Crippen LogP contribution in [0.25, 0.3) is 0 Å². The van der Waals surface area contributed by atoms with Gasteiger partial charge in [-0.2, -0.15) is 5.26 Å². The first-order valence-electron chi connectivity index (χ1n) is 3.07. The van der Waals surface area contributed by atoms with E-state index in [-0.39, 0.29) is 11.8 Å². The Kier molecular flexibility index (Phi) is 2.06. The van der Waals surface area contributed by atoms with Gasteiger partial charge in [-0.3, -0.25) is 4.79 Å². The lowest BCUT2D eigenvalue weighted by Crippen LogP contribution is -1.89. The third-order valence-corrected chi connectivity index (χ3v) is 1.35. The van der Waals surface area contributed by atoms with Gasteiger partial charge in [0.25, 0.3) is 0 Å². The first kappa shape index (κ1) is 8.21. The Hall–Kier alpha value is -1.89. The molecule has 1 aromatic rings. The molecular weight excluding hydrogens is 161 g/mol. The second-order valence-electron chi connectivity index (χ2n) is 2.12. The zero-order valence-electron chi connectivity index (χ0n) is 5.91. The summed E-state index contributed by atoms with van der Waals surface area (Å²) < 4.78 is 12.8. The SMILES string of the molecule is N#Cc1cc(O)c(C=O)c(F)c1. The first-order valence-corrected chi connectivity index (χ1v) is 3.07. The van der Waals surface area contributed by atoms with E-state index in [0.29, 0.717) is 0 Å². The molecule has 4 heteroatoms. The zero-order valence-corrected chi connectivity index (χ0v) is 5.91. The highest BCUT2D eigenvalue weighted by Gasteiger charge is 2.08. The Morgan fingerprint density at radius 1 is 1.58 bits per heavy atom. The Bertz CT molecular complexity index is 345. The normalized spacial score (nSPS) is 9.00. The number of phenolic OH excluding ortho intramolecular Hbond substituents is 1. The van der Waals surface area contributed by atoms with Gasteiger partial charge < -0.3 is 5.11 Å². The van der Waals surface area contributed by atoms with Crippen LogP contribution in [0.4, 0.5) is 4.39 Å². The molecule has 0 fully saturated rings. The Labute approximate surface area is 67.7 Å². The number of phenols is 1. The quantitative estimate of drug-likeness (QED) is 0.636. The Morgan fingerprint density at radius 2 is 2.25 bits per heavy atom. The number of hydrogen-bond acceptors (Lipinski definition) is 3. The van der Waals surface area contributed by atoms with Crippen LogP contribution < -0.4 is 0 Å². The molecule has 0 saturated carbocycles.